The number of hydrogen-bond acceptors (Lipinski definition) is 21. The first kappa shape index (κ1) is 110. The van der Waals surface area contributed by atoms with Crippen molar-refractivity contribution >= 4 is 83.6 Å². The molecule has 0 aliphatic heterocycles. The number of halogens is 3. The van der Waals surface area contributed by atoms with Gasteiger partial charge in [-0.2, -0.15) is 0 Å². The molecule has 0 aliphatic rings. The number of carbonyl (C=O) groups is 6. The van der Waals surface area contributed by atoms with Crippen molar-refractivity contribution in [1.29, 1.82) is 0 Å². The van der Waals surface area contributed by atoms with Gasteiger partial charge in [0, 0.05) is 65.7 Å². The number of rotatable bonds is 60. The zero-order valence-corrected chi connectivity index (χ0v) is 75.3. The average Bonchev–Trinajstić information content (AvgIpc) is 0.871. The maximum Gasteiger partial charge on any atom is 0.306 e. The average molecular weight is 1870 g/mol. The Morgan fingerprint density at radius 2 is 0.575 bits per heavy atom. The van der Waals surface area contributed by atoms with Gasteiger partial charge in [-0.15, -0.1) is 0 Å². The first-order valence-corrected chi connectivity index (χ1v) is 44.4. The van der Waals surface area contributed by atoms with Crippen LogP contribution in [0.3, 0.4) is 0 Å². The van der Waals surface area contributed by atoms with Crippen molar-refractivity contribution in [3.05, 3.63) is 173 Å². The molecule has 0 amide bonds. The summed E-state index contributed by atoms with van der Waals surface area (Å²) in [6.07, 6.45) is 20.4. The third-order valence-corrected chi connectivity index (χ3v) is 19.6. The Morgan fingerprint density at radius 3 is 0.867 bits per heavy atom. The molecular weight excluding hydrogens is 1730 g/mol. The number of aliphatic hydroxyl groups is 1. The molecule has 0 saturated carbocycles. The number of aliphatic hydroxyl groups excluding tert-OH is 1. The lowest BCUT2D eigenvalue weighted by molar-refractivity contribution is -0.144. The Balaban J connectivity index is 0.000000889. The topological polar surface area (TPSA) is 252 Å². The van der Waals surface area contributed by atoms with Gasteiger partial charge in [0.25, 0.3) is 0 Å². The Hall–Kier alpha value is -7.74. The van der Waals surface area contributed by atoms with E-state index in [1.54, 1.807) is 34.8 Å². The molecule has 0 aromatic heterocycles. The molecule has 1 N–H and O–H groups in total. The second kappa shape index (κ2) is 69.7. The molecule has 24 heteroatoms. The molecule has 0 atom stereocenters. The summed E-state index contributed by atoms with van der Waals surface area (Å²) in [6.45, 7) is 20.1. The first-order chi connectivity index (χ1) is 56.9. The van der Waals surface area contributed by atoms with Gasteiger partial charge >= 0.3 is 35.8 Å². The van der Waals surface area contributed by atoms with Gasteiger partial charge in [0.05, 0.1) is 99.1 Å². The van der Waals surface area contributed by atoms with Crippen molar-refractivity contribution in [1.82, 2.24) is 0 Å². The van der Waals surface area contributed by atoms with E-state index in [1.165, 1.54) is 16.7 Å². The van der Waals surface area contributed by atoms with Crippen LogP contribution in [0.4, 0.5) is 0 Å². The fourth-order valence-electron chi connectivity index (χ4n) is 12.7. The lowest BCUT2D eigenvalue weighted by Gasteiger charge is -2.16. The lowest BCUT2D eigenvalue weighted by atomic mass is 9.96. The van der Waals surface area contributed by atoms with Crippen molar-refractivity contribution in [2.45, 2.75) is 264 Å². The van der Waals surface area contributed by atoms with Crippen LogP contribution in [0.2, 0.25) is 0 Å². The quantitative estimate of drug-likeness (QED) is 0.0212. The van der Waals surface area contributed by atoms with Gasteiger partial charge in [-0.1, -0.05) is 145 Å². The number of hydrogen-bond donors (Lipinski definition) is 1. The van der Waals surface area contributed by atoms with E-state index >= 15 is 0 Å². The second-order valence-corrected chi connectivity index (χ2v) is 30.3. The third kappa shape index (κ3) is 49.4. The zero-order chi connectivity index (χ0) is 84.9. The Labute approximate surface area is 743 Å². The summed E-state index contributed by atoms with van der Waals surface area (Å²) in [6, 6.07) is 35.8. The Morgan fingerprint density at radius 1 is 0.300 bits per heavy atom. The number of methoxy groups -OCH3 is 1. The van der Waals surface area contributed by atoms with Crippen LogP contribution in [0.5, 0.6) is 34.5 Å². The van der Waals surface area contributed by atoms with Gasteiger partial charge in [0.15, 0.2) is 0 Å². The van der Waals surface area contributed by atoms with E-state index < -0.39 is 0 Å². The van der Waals surface area contributed by atoms with E-state index in [0.29, 0.717) is 176 Å². The van der Waals surface area contributed by atoms with Crippen LogP contribution >= 0.6 is 47.8 Å². The SMILES string of the molecule is C.C.C.CCOC(=O)CCCOc1cccc(CCCCCCOc2cc(Br)cc(CO)c2)c1CCC(=O)OCC.CCOC(=O)CCCOc1cccc(CCCCCCOc2cc(Br)cc(COC)c2)c1CCC(=O)OCC.CCOCc1cc(Br)cc(OCCCCCCc2cccc(OCCCC(=O)OCC)c2CCC(=O)OCC)c1. The molecule has 120 heavy (non-hydrogen) atoms. The lowest BCUT2D eigenvalue weighted by Crippen LogP contribution is -2.10. The maximum absolute atomic E-state index is 12.0. The Bertz CT molecular complexity index is 3790. The van der Waals surface area contributed by atoms with E-state index in [4.69, 9.17) is 66.3 Å². The smallest absolute Gasteiger partial charge is 0.306 e. The molecule has 0 unspecified atom stereocenters. The fraction of sp³-hybridized carbons (Fsp3) is 0.562. The summed E-state index contributed by atoms with van der Waals surface area (Å²) in [5, 5.41) is 9.34. The molecule has 0 radical (unpaired) electrons. The second-order valence-electron chi connectivity index (χ2n) is 27.5. The van der Waals surface area contributed by atoms with E-state index in [0.717, 1.165) is 178 Å². The number of ether oxygens (including phenoxy) is 14. The molecule has 0 bridgehead atoms. The van der Waals surface area contributed by atoms with Gasteiger partial charge in [0.1, 0.15) is 34.5 Å². The fourth-order valence-corrected chi connectivity index (χ4v) is 14.3. The van der Waals surface area contributed by atoms with E-state index in [-0.39, 0.29) is 64.7 Å². The molecule has 6 aromatic rings. The van der Waals surface area contributed by atoms with Crippen LogP contribution in [-0.4, -0.2) is 134 Å². The molecule has 672 valence electrons. The number of carbonyl (C=O) groups excluding carboxylic acids is 6. The summed E-state index contributed by atoms with van der Waals surface area (Å²) in [5.41, 5.74) is 9.68. The van der Waals surface area contributed by atoms with Crippen LogP contribution in [0.15, 0.2) is 123 Å². The molecule has 0 spiro atoms. The highest BCUT2D eigenvalue weighted by Crippen LogP contribution is 2.32. The molecule has 21 nitrogen and oxygen atoms in total. The molecule has 0 heterocycles. The van der Waals surface area contributed by atoms with Gasteiger partial charge < -0.3 is 71.4 Å². The Kier molecular flexibility index (Phi) is 64.1. The monoisotopic (exact) mass is 1870 g/mol. The summed E-state index contributed by atoms with van der Waals surface area (Å²) in [5.74, 6) is 3.50. The van der Waals surface area contributed by atoms with Gasteiger partial charge in [-0.25, -0.2) is 0 Å². The van der Waals surface area contributed by atoms with E-state index in [2.05, 4.69) is 66.0 Å². The summed E-state index contributed by atoms with van der Waals surface area (Å²) < 4.78 is 79.8. The highest BCUT2D eigenvalue weighted by atomic mass is 79.9. The third-order valence-electron chi connectivity index (χ3n) is 18.2. The highest BCUT2D eigenvalue weighted by molar-refractivity contribution is 9.11. The molecule has 6 aromatic carbocycles. The van der Waals surface area contributed by atoms with Gasteiger partial charge in [-0.05, 0) is 268 Å². The normalized spacial score (nSPS) is 10.5. The first-order valence-electron chi connectivity index (χ1n) is 42.0. The van der Waals surface area contributed by atoms with Crippen molar-refractivity contribution in [2.75, 3.05) is 93.0 Å². The van der Waals surface area contributed by atoms with Crippen LogP contribution in [0.1, 0.15) is 256 Å². The van der Waals surface area contributed by atoms with Crippen LogP contribution < -0.4 is 28.4 Å². The van der Waals surface area contributed by atoms with Gasteiger partial charge in [0.2, 0.25) is 0 Å². The maximum atomic E-state index is 12.0. The minimum atomic E-state index is -0.218. The zero-order valence-electron chi connectivity index (χ0n) is 70.5. The van der Waals surface area contributed by atoms with Crippen molar-refractivity contribution in [3.63, 3.8) is 0 Å². The van der Waals surface area contributed by atoms with Crippen LogP contribution in [0.25, 0.3) is 0 Å². The van der Waals surface area contributed by atoms with E-state index in [9.17, 15) is 33.9 Å². The molecule has 0 fully saturated rings. The predicted molar refractivity (Wildman–Crippen MR) is 486 cm³/mol. The van der Waals surface area contributed by atoms with E-state index in [1.807, 2.05) is 112 Å². The van der Waals surface area contributed by atoms with Crippen molar-refractivity contribution in [2.24, 2.45) is 0 Å². The molecule has 0 aliphatic carbocycles. The summed E-state index contributed by atoms with van der Waals surface area (Å²) in [7, 11) is 1.68. The van der Waals surface area contributed by atoms with Crippen LogP contribution in [-0.2, 0) is 125 Å². The summed E-state index contributed by atoms with van der Waals surface area (Å²) >= 11 is 10.5. The predicted octanol–water partition coefficient (Wildman–Crippen LogP) is 22.6. The minimum absolute atomic E-state index is 0. The molecule has 6 rings (SSSR count). The molecule has 0 saturated heterocycles. The minimum Gasteiger partial charge on any atom is -0.494 e. The number of benzene rings is 6. The standard InChI is InChI=1S/C32H45BrO7.C31H43BrO7.C30H41BrO7.3CH4/c1-4-36-24-25-21-27(33)23-28(22-25)39-19-10-8-7-9-13-26-14-11-15-30(29(26)17-18-32(35)38-6-3)40-20-12-16-31(34)37-5-2;1-4-36-30(33)15-11-19-39-29-14-10-13-25(28(29)16-17-31(34)37-5-2)12-8-6-7-9-18-38-27-21-24(23-35-3)20-26(32)22-27;1-3-35-29(33)14-10-18-38-28-13-9-12-24(27(28)15-16-30(34)36-4-2)11-7-5-6-8-17-37-26-20-23(22-32)19-25(31)21-26;;;/h11,14-15,21-23H,4-10,12-13,16-20,24H2,1-3H3;10,13-14,20-22H,4-9,11-12,15-19,23H2,1-3H3;9,12-13,19-21,32H,3-8,10-11,14-18,22H2,1-2H3;3*1H4. The number of unbranched alkanes of at least 4 members (excludes halogenated alkanes) is 9. The highest BCUT2D eigenvalue weighted by Gasteiger charge is 2.18. The van der Waals surface area contributed by atoms with Crippen molar-refractivity contribution < 1.29 is 100 Å². The van der Waals surface area contributed by atoms with Crippen molar-refractivity contribution in [3.8, 4) is 34.5 Å². The summed E-state index contributed by atoms with van der Waals surface area (Å²) in [4.78, 5) is 70.9. The van der Waals surface area contributed by atoms with Gasteiger partial charge in [-0.3, -0.25) is 28.8 Å². The largest absolute Gasteiger partial charge is 0.494 e. The number of aryl methyl sites for hydroxylation is 3. The van der Waals surface area contributed by atoms with Crippen LogP contribution in [0, 0.1) is 0 Å². The molecular formula is C96H141Br3O21. The number of esters is 6.